The van der Waals surface area contributed by atoms with Crippen molar-refractivity contribution in [2.24, 2.45) is 0 Å². The van der Waals surface area contributed by atoms with Gasteiger partial charge in [-0.1, -0.05) is 6.07 Å². The highest BCUT2D eigenvalue weighted by Crippen LogP contribution is 2.07. The van der Waals surface area contributed by atoms with Crippen LogP contribution in [0.1, 0.15) is 6.42 Å². The standard InChI is InChI=1S/C12H16N4O2/c17-10-4-6-14(9-10)7-8-16-12(18)15-5-2-1-3-11(15)13-16/h1-3,5,10,17H,4,6-9H2. The van der Waals surface area contributed by atoms with Gasteiger partial charge in [-0.05, 0) is 18.6 Å². The molecule has 1 unspecified atom stereocenters. The van der Waals surface area contributed by atoms with Crippen molar-refractivity contribution in [1.82, 2.24) is 19.1 Å². The first kappa shape index (κ1) is 11.4. The Labute approximate surface area is 104 Å². The predicted octanol–water partition coefficient (Wildman–Crippen LogP) is -0.437. The van der Waals surface area contributed by atoms with Crippen molar-refractivity contribution < 1.29 is 5.11 Å². The Bertz CT molecular complexity index is 603. The third-order valence-corrected chi connectivity index (χ3v) is 3.36. The van der Waals surface area contributed by atoms with Crippen molar-refractivity contribution in [3.63, 3.8) is 0 Å². The van der Waals surface area contributed by atoms with Gasteiger partial charge in [0.1, 0.15) is 0 Å². The molecule has 1 aliphatic rings. The van der Waals surface area contributed by atoms with Crippen LogP contribution in [0.25, 0.3) is 5.65 Å². The van der Waals surface area contributed by atoms with Crippen LogP contribution in [-0.2, 0) is 6.54 Å². The van der Waals surface area contributed by atoms with E-state index in [0.29, 0.717) is 18.7 Å². The Morgan fingerprint density at radius 2 is 2.28 bits per heavy atom. The van der Waals surface area contributed by atoms with Gasteiger partial charge in [0, 0.05) is 25.8 Å². The molecule has 0 aliphatic carbocycles. The third kappa shape index (κ3) is 2.04. The van der Waals surface area contributed by atoms with Gasteiger partial charge in [-0.15, -0.1) is 5.10 Å². The normalized spacial score (nSPS) is 20.8. The molecule has 18 heavy (non-hydrogen) atoms. The minimum atomic E-state index is -0.220. The summed E-state index contributed by atoms with van der Waals surface area (Å²) in [4.78, 5) is 14.1. The van der Waals surface area contributed by atoms with Gasteiger partial charge in [0.15, 0.2) is 5.65 Å². The van der Waals surface area contributed by atoms with Crippen LogP contribution in [0.3, 0.4) is 0 Å². The Morgan fingerprint density at radius 1 is 1.39 bits per heavy atom. The fourth-order valence-electron chi connectivity index (χ4n) is 2.37. The number of aliphatic hydroxyl groups is 1. The molecule has 0 spiro atoms. The summed E-state index contributed by atoms with van der Waals surface area (Å²) in [6.45, 7) is 2.90. The van der Waals surface area contributed by atoms with Crippen LogP contribution in [0.4, 0.5) is 0 Å². The van der Waals surface area contributed by atoms with E-state index < -0.39 is 0 Å². The summed E-state index contributed by atoms with van der Waals surface area (Å²) in [7, 11) is 0. The number of hydrogen-bond donors (Lipinski definition) is 1. The van der Waals surface area contributed by atoms with Gasteiger partial charge in [0.05, 0.1) is 12.6 Å². The van der Waals surface area contributed by atoms with E-state index in [1.165, 1.54) is 4.68 Å². The molecular weight excluding hydrogens is 232 g/mol. The second-order valence-electron chi connectivity index (χ2n) is 4.68. The molecule has 1 atom stereocenters. The van der Waals surface area contributed by atoms with Crippen LogP contribution in [-0.4, -0.2) is 49.9 Å². The van der Waals surface area contributed by atoms with E-state index in [-0.39, 0.29) is 11.8 Å². The van der Waals surface area contributed by atoms with Crippen molar-refractivity contribution in [3.8, 4) is 0 Å². The van der Waals surface area contributed by atoms with Crippen LogP contribution in [0.5, 0.6) is 0 Å². The summed E-state index contributed by atoms with van der Waals surface area (Å²) in [5.41, 5.74) is 0.564. The zero-order valence-electron chi connectivity index (χ0n) is 10.1. The zero-order chi connectivity index (χ0) is 12.5. The molecule has 0 amide bonds. The summed E-state index contributed by atoms with van der Waals surface area (Å²) in [6, 6.07) is 5.50. The van der Waals surface area contributed by atoms with E-state index in [1.807, 2.05) is 18.2 Å². The van der Waals surface area contributed by atoms with Gasteiger partial charge in [-0.2, -0.15) is 0 Å². The SMILES string of the molecule is O=c1n(CCN2CCC(O)C2)nc2ccccn12. The molecule has 0 saturated carbocycles. The minimum absolute atomic E-state index is 0.106. The highest BCUT2D eigenvalue weighted by Gasteiger charge is 2.20. The molecule has 0 bridgehead atoms. The summed E-state index contributed by atoms with van der Waals surface area (Å²) < 4.78 is 3.03. The van der Waals surface area contributed by atoms with E-state index in [9.17, 15) is 9.90 Å². The highest BCUT2D eigenvalue weighted by molar-refractivity contribution is 5.35. The maximum atomic E-state index is 12.0. The fourth-order valence-corrected chi connectivity index (χ4v) is 2.37. The van der Waals surface area contributed by atoms with Crippen LogP contribution < -0.4 is 5.69 Å². The van der Waals surface area contributed by atoms with E-state index in [2.05, 4.69) is 10.00 Å². The summed E-state index contributed by atoms with van der Waals surface area (Å²) in [5, 5.41) is 13.7. The lowest BCUT2D eigenvalue weighted by Crippen LogP contribution is -2.30. The molecule has 0 aromatic carbocycles. The number of β-amino-alcohol motifs (C(OH)–C–C–N with tert-alkyl or cyclic N) is 1. The van der Waals surface area contributed by atoms with Crippen LogP contribution >= 0.6 is 0 Å². The van der Waals surface area contributed by atoms with Gasteiger partial charge in [-0.3, -0.25) is 9.30 Å². The quantitative estimate of drug-likeness (QED) is 0.800. The molecule has 96 valence electrons. The average molecular weight is 248 g/mol. The van der Waals surface area contributed by atoms with Crippen LogP contribution in [0.15, 0.2) is 29.2 Å². The lowest BCUT2D eigenvalue weighted by Gasteiger charge is -2.13. The first-order valence-corrected chi connectivity index (χ1v) is 6.19. The number of pyridine rings is 1. The maximum Gasteiger partial charge on any atom is 0.350 e. The maximum absolute atomic E-state index is 12.0. The van der Waals surface area contributed by atoms with Gasteiger partial charge < -0.3 is 5.11 Å². The van der Waals surface area contributed by atoms with Crippen molar-refractivity contribution in [3.05, 3.63) is 34.9 Å². The first-order chi connectivity index (χ1) is 8.74. The second-order valence-corrected chi connectivity index (χ2v) is 4.68. The van der Waals surface area contributed by atoms with Crippen molar-refractivity contribution >= 4 is 5.65 Å². The number of likely N-dealkylation sites (tertiary alicyclic amines) is 1. The van der Waals surface area contributed by atoms with Crippen LogP contribution in [0.2, 0.25) is 0 Å². The second kappa shape index (κ2) is 4.55. The first-order valence-electron chi connectivity index (χ1n) is 6.19. The molecule has 1 fully saturated rings. The van der Waals surface area contributed by atoms with Gasteiger partial charge in [0.2, 0.25) is 0 Å². The minimum Gasteiger partial charge on any atom is -0.392 e. The Balaban J connectivity index is 1.75. The number of nitrogens with zero attached hydrogens (tertiary/aromatic N) is 4. The predicted molar refractivity (Wildman–Crippen MR) is 66.5 cm³/mol. The monoisotopic (exact) mass is 248 g/mol. The molecule has 3 rings (SSSR count). The van der Waals surface area contributed by atoms with Crippen molar-refractivity contribution in [1.29, 1.82) is 0 Å². The van der Waals surface area contributed by atoms with E-state index in [0.717, 1.165) is 19.5 Å². The topological polar surface area (TPSA) is 62.8 Å². The zero-order valence-corrected chi connectivity index (χ0v) is 10.1. The van der Waals surface area contributed by atoms with Gasteiger partial charge >= 0.3 is 5.69 Å². The van der Waals surface area contributed by atoms with Gasteiger partial charge in [0.25, 0.3) is 0 Å². The molecule has 1 aliphatic heterocycles. The summed E-state index contributed by atoms with van der Waals surface area (Å²) >= 11 is 0. The molecule has 1 N–H and O–H groups in total. The lowest BCUT2D eigenvalue weighted by molar-refractivity contribution is 0.174. The third-order valence-electron chi connectivity index (χ3n) is 3.36. The molecule has 3 heterocycles. The molecule has 6 nitrogen and oxygen atoms in total. The highest BCUT2D eigenvalue weighted by atomic mass is 16.3. The number of aliphatic hydroxyl groups excluding tert-OH is 1. The molecular formula is C12H16N4O2. The smallest absolute Gasteiger partial charge is 0.350 e. The number of aromatic nitrogens is 3. The number of fused-ring (bicyclic) bond motifs is 1. The van der Waals surface area contributed by atoms with Crippen LogP contribution in [0, 0.1) is 0 Å². The van der Waals surface area contributed by atoms with E-state index >= 15 is 0 Å². The molecule has 1 saturated heterocycles. The molecule has 2 aromatic rings. The number of hydrogen-bond acceptors (Lipinski definition) is 4. The largest absolute Gasteiger partial charge is 0.392 e. The molecule has 0 radical (unpaired) electrons. The fraction of sp³-hybridized carbons (Fsp3) is 0.500. The van der Waals surface area contributed by atoms with Crippen molar-refractivity contribution in [2.45, 2.75) is 19.1 Å². The average Bonchev–Trinajstić information content (AvgIpc) is 2.92. The Kier molecular flexibility index (Phi) is 2.89. The Morgan fingerprint density at radius 3 is 3.00 bits per heavy atom. The van der Waals surface area contributed by atoms with Gasteiger partial charge in [-0.25, -0.2) is 9.48 Å². The van der Waals surface area contributed by atoms with E-state index in [1.54, 1.807) is 10.6 Å². The lowest BCUT2D eigenvalue weighted by atomic mass is 10.3. The Hall–Kier alpha value is -1.66. The van der Waals surface area contributed by atoms with Crippen molar-refractivity contribution in [2.75, 3.05) is 19.6 Å². The van der Waals surface area contributed by atoms with E-state index in [4.69, 9.17) is 0 Å². The molecule has 2 aromatic heterocycles. The summed E-state index contributed by atoms with van der Waals surface area (Å²) in [5.74, 6) is 0. The summed E-state index contributed by atoms with van der Waals surface area (Å²) in [6.07, 6.45) is 2.32. The number of rotatable bonds is 3. The molecule has 6 heteroatoms.